The molecule has 7 N–H and O–H groups in total. The molecule has 0 aromatic heterocycles. The summed E-state index contributed by atoms with van der Waals surface area (Å²) in [6, 6.07) is -1.02. The second-order valence-corrected chi connectivity index (χ2v) is 18.7. The first-order valence-corrected chi connectivity index (χ1v) is 18.5. The lowest BCUT2D eigenvalue weighted by Gasteiger charge is -2.72. The molecule has 0 spiro atoms. The van der Waals surface area contributed by atoms with Gasteiger partial charge in [-0.05, 0) is 90.8 Å². The van der Waals surface area contributed by atoms with Crippen LogP contribution in [0.5, 0.6) is 0 Å². The number of aliphatic hydroxyl groups is 5. The summed E-state index contributed by atoms with van der Waals surface area (Å²) in [6.45, 7) is 16.3. The van der Waals surface area contributed by atoms with Crippen molar-refractivity contribution in [3.05, 3.63) is 11.6 Å². The van der Waals surface area contributed by atoms with E-state index < -0.39 is 77.6 Å². The monoisotopic (exact) mass is 691 g/mol. The van der Waals surface area contributed by atoms with E-state index >= 15 is 0 Å². The van der Waals surface area contributed by atoms with Gasteiger partial charge in [-0.15, -0.1) is 0 Å². The average molecular weight is 692 g/mol. The van der Waals surface area contributed by atoms with Crippen molar-refractivity contribution in [2.45, 2.75) is 156 Å². The van der Waals surface area contributed by atoms with Crippen LogP contribution >= 0.6 is 0 Å². The van der Waals surface area contributed by atoms with Gasteiger partial charge in [0.1, 0.15) is 29.8 Å². The van der Waals surface area contributed by atoms with Crippen molar-refractivity contribution in [3.8, 4) is 0 Å². The van der Waals surface area contributed by atoms with Crippen molar-refractivity contribution in [1.29, 1.82) is 0 Å². The molecule has 15 unspecified atom stereocenters. The van der Waals surface area contributed by atoms with Gasteiger partial charge < -0.3 is 45.4 Å². The predicted molar refractivity (Wildman–Crippen MR) is 180 cm³/mol. The largest absolute Gasteiger partial charge is 0.481 e. The molecule has 0 bridgehead atoms. The molecule has 1 amide bonds. The van der Waals surface area contributed by atoms with E-state index in [2.05, 4.69) is 59.9 Å². The molecule has 11 nitrogen and oxygen atoms in total. The first kappa shape index (κ1) is 37.2. The summed E-state index contributed by atoms with van der Waals surface area (Å²) in [4.78, 5) is 25.1. The number of fused-ring (bicyclic) bond motifs is 7. The zero-order valence-corrected chi connectivity index (χ0v) is 30.6. The van der Waals surface area contributed by atoms with Gasteiger partial charge in [-0.1, -0.05) is 60.1 Å². The maximum Gasteiger partial charge on any atom is 0.313 e. The lowest BCUT2D eigenvalue weighted by atomic mass is 9.32. The Labute approximate surface area is 290 Å². The number of hydrogen-bond donors (Lipinski definition) is 7. The molecule has 6 aliphatic rings. The molecule has 11 heteroatoms. The first-order chi connectivity index (χ1) is 22.6. The van der Waals surface area contributed by atoms with Crippen molar-refractivity contribution in [3.63, 3.8) is 0 Å². The molecule has 15 atom stereocenters. The van der Waals surface area contributed by atoms with Gasteiger partial charge in [-0.25, -0.2) is 0 Å². The zero-order chi connectivity index (χ0) is 36.3. The SMILES string of the molecule is CC(=O)NC1C(OC2CCC3(C)C(CCC4(C)C3CC=C3C5CC(C)(C)CCC5(C(=O)O)C(O)C(O)C34C)C2(C)C)OC(CO)C(O)C1O. The number of nitrogens with one attached hydrogen (secondary N) is 1. The van der Waals surface area contributed by atoms with Gasteiger partial charge in [0.25, 0.3) is 0 Å². The van der Waals surface area contributed by atoms with E-state index in [1.54, 1.807) is 0 Å². The van der Waals surface area contributed by atoms with E-state index in [9.17, 15) is 40.2 Å². The fourth-order valence-electron chi connectivity index (χ4n) is 12.7. The molecule has 0 aromatic rings. The molecular formula is C38H61NO10. The van der Waals surface area contributed by atoms with Gasteiger partial charge in [0.05, 0.1) is 24.9 Å². The van der Waals surface area contributed by atoms with Gasteiger partial charge in [0.15, 0.2) is 6.29 Å². The van der Waals surface area contributed by atoms with Crippen LogP contribution in [0.4, 0.5) is 0 Å². The molecular weight excluding hydrogens is 630 g/mol. The highest BCUT2D eigenvalue weighted by Gasteiger charge is 2.74. The topological polar surface area (TPSA) is 186 Å². The number of aliphatic carboxylic acids is 1. The lowest BCUT2D eigenvalue weighted by molar-refractivity contribution is -0.308. The fourth-order valence-corrected chi connectivity index (χ4v) is 12.7. The number of carbonyl (C=O) groups is 2. The van der Waals surface area contributed by atoms with Crippen molar-refractivity contribution >= 4 is 11.9 Å². The molecule has 0 radical (unpaired) electrons. The maximum atomic E-state index is 13.1. The summed E-state index contributed by atoms with van der Waals surface area (Å²) in [5.74, 6) is -1.43. The summed E-state index contributed by atoms with van der Waals surface area (Å²) in [7, 11) is 0. The van der Waals surface area contributed by atoms with Crippen molar-refractivity contribution in [1.82, 2.24) is 5.32 Å². The second kappa shape index (κ2) is 12.0. The molecule has 6 rings (SSSR count). The van der Waals surface area contributed by atoms with Gasteiger partial charge in [-0.2, -0.15) is 0 Å². The van der Waals surface area contributed by atoms with Gasteiger partial charge in [0, 0.05) is 12.3 Å². The Kier molecular flexibility index (Phi) is 9.08. The Bertz CT molecular complexity index is 1370. The molecule has 1 saturated heterocycles. The molecule has 0 aromatic carbocycles. The third kappa shape index (κ3) is 5.06. The van der Waals surface area contributed by atoms with Crippen LogP contribution in [0.1, 0.15) is 107 Å². The minimum absolute atomic E-state index is 0.0799. The fraction of sp³-hybridized carbons (Fsp3) is 0.895. The summed E-state index contributed by atoms with van der Waals surface area (Å²) >= 11 is 0. The van der Waals surface area contributed by atoms with Crippen molar-refractivity contribution in [2.24, 2.45) is 50.2 Å². The molecule has 5 fully saturated rings. The molecule has 5 aliphatic carbocycles. The van der Waals surface area contributed by atoms with E-state index in [4.69, 9.17) is 9.47 Å². The van der Waals surface area contributed by atoms with Crippen LogP contribution in [-0.2, 0) is 19.1 Å². The number of hydrogen-bond acceptors (Lipinski definition) is 9. The van der Waals surface area contributed by atoms with Gasteiger partial charge >= 0.3 is 5.97 Å². The molecule has 1 aliphatic heterocycles. The summed E-state index contributed by atoms with van der Waals surface area (Å²) in [6.07, 6.45) is -0.0275. The number of allylic oxidation sites excluding steroid dienone is 1. The van der Waals surface area contributed by atoms with E-state index in [1.165, 1.54) is 6.92 Å². The number of rotatable bonds is 5. The molecule has 1 heterocycles. The number of carbonyl (C=O) groups excluding carboxylic acids is 1. The van der Waals surface area contributed by atoms with Crippen molar-refractivity contribution in [2.75, 3.05) is 6.61 Å². The highest BCUT2D eigenvalue weighted by molar-refractivity contribution is 5.78. The van der Waals surface area contributed by atoms with E-state index in [0.29, 0.717) is 25.7 Å². The lowest BCUT2D eigenvalue weighted by Crippen LogP contribution is -2.72. The van der Waals surface area contributed by atoms with Crippen LogP contribution < -0.4 is 5.32 Å². The Hall–Kier alpha value is -1.60. The van der Waals surface area contributed by atoms with Gasteiger partial charge in [0.2, 0.25) is 5.91 Å². The standard InChI is InChI=1S/C38H61NO10/c1-19(41)39-26-28(43)27(42)22(18-40)48-31(26)49-25-12-13-35(6)23(34(25,4)5)11-14-36(7)24(35)10-9-20-21-17-33(2,3)15-16-38(21,32(46)47)30(45)29(44)37(20,36)8/h9,21-31,40,42-45H,10-18H2,1-8H3,(H,39,41)(H,46,47). The number of amides is 1. The van der Waals surface area contributed by atoms with Crippen LogP contribution in [0.25, 0.3) is 0 Å². The van der Waals surface area contributed by atoms with E-state index in [1.807, 2.05) is 0 Å². The number of carboxylic acid groups (broad SMARTS) is 1. The average Bonchev–Trinajstić information content (AvgIpc) is 3.00. The van der Waals surface area contributed by atoms with Crippen LogP contribution in [0, 0.1) is 50.2 Å². The van der Waals surface area contributed by atoms with Crippen LogP contribution in [0.2, 0.25) is 0 Å². The Morgan fingerprint density at radius 1 is 0.918 bits per heavy atom. The summed E-state index contributed by atoms with van der Waals surface area (Å²) in [5, 5.41) is 68.8. The second-order valence-electron chi connectivity index (χ2n) is 18.7. The minimum Gasteiger partial charge on any atom is -0.481 e. The van der Waals surface area contributed by atoms with Gasteiger partial charge in [-0.3, -0.25) is 9.59 Å². The summed E-state index contributed by atoms with van der Waals surface area (Å²) < 4.78 is 12.6. The normalized spacial score (nSPS) is 51.6. The predicted octanol–water partition coefficient (Wildman–Crippen LogP) is 3.14. The summed E-state index contributed by atoms with van der Waals surface area (Å²) in [5.41, 5.74) is -2.23. The third-order valence-corrected chi connectivity index (χ3v) is 15.7. The van der Waals surface area contributed by atoms with E-state index in [-0.39, 0.29) is 40.1 Å². The molecule has 49 heavy (non-hydrogen) atoms. The van der Waals surface area contributed by atoms with Crippen LogP contribution in [0.15, 0.2) is 11.6 Å². The highest BCUT2D eigenvalue weighted by atomic mass is 16.7. The van der Waals surface area contributed by atoms with E-state index in [0.717, 1.165) is 31.3 Å². The number of ether oxygens (including phenoxy) is 2. The molecule has 278 valence electrons. The molecule has 4 saturated carbocycles. The Balaban J connectivity index is 1.33. The maximum absolute atomic E-state index is 13.1. The minimum atomic E-state index is -1.41. The first-order valence-electron chi connectivity index (χ1n) is 18.5. The number of aliphatic hydroxyl groups excluding tert-OH is 5. The number of carboxylic acids is 1. The Morgan fingerprint density at radius 3 is 2.20 bits per heavy atom. The van der Waals surface area contributed by atoms with Crippen LogP contribution in [0.3, 0.4) is 0 Å². The zero-order valence-electron chi connectivity index (χ0n) is 30.6. The van der Waals surface area contributed by atoms with Crippen molar-refractivity contribution < 1.29 is 49.7 Å². The smallest absolute Gasteiger partial charge is 0.313 e. The highest BCUT2D eigenvalue weighted by Crippen LogP contribution is 2.76. The Morgan fingerprint density at radius 2 is 1.59 bits per heavy atom. The van der Waals surface area contributed by atoms with Crippen LogP contribution in [-0.4, -0.2) is 98.1 Å². The third-order valence-electron chi connectivity index (χ3n) is 15.7. The quantitative estimate of drug-likeness (QED) is 0.167.